The summed E-state index contributed by atoms with van der Waals surface area (Å²) in [5.41, 5.74) is 3.85. The molecular formula is C21H17BrN4OS. The van der Waals surface area contributed by atoms with Gasteiger partial charge in [0, 0.05) is 30.2 Å². The van der Waals surface area contributed by atoms with Crippen molar-refractivity contribution in [2.24, 2.45) is 0 Å². The van der Waals surface area contributed by atoms with E-state index in [1.54, 1.807) is 11.3 Å². The average molecular weight is 453 g/mol. The van der Waals surface area contributed by atoms with Gasteiger partial charge in [-0.1, -0.05) is 24.3 Å². The smallest absolute Gasteiger partial charge is 0.171 e. The molecule has 1 aromatic carbocycles. The zero-order chi connectivity index (χ0) is 18.9. The number of thiophene rings is 1. The summed E-state index contributed by atoms with van der Waals surface area (Å²) < 4.78 is 6.89. The van der Waals surface area contributed by atoms with Crippen LogP contribution >= 0.6 is 27.3 Å². The molecule has 0 radical (unpaired) electrons. The van der Waals surface area contributed by atoms with Crippen molar-refractivity contribution in [3.05, 3.63) is 64.1 Å². The van der Waals surface area contributed by atoms with Crippen molar-refractivity contribution >= 4 is 38.3 Å². The maximum absolute atomic E-state index is 5.83. The van der Waals surface area contributed by atoms with Crippen LogP contribution in [0.1, 0.15) is 11.7 Å². The lowest BCUT2D eigenvalue weighted by Crippen LogP contribution is -2.33. The van der Waals surface area contributed by atoms with E-state index in [0.29, 0.717) is 11.5 Å². The van der Waals surface area contributed by atoms with Gasteiger partial charge in [0.05, 0.1) is 27.1 Å². The van der Waals surface area contributed by atoms with Crippen LogP contribution in [0.4, 0.5) is 0 Å². The molecule has 5 nitrogen and oxygen atoms in total. The Kier molecular flexibility index (Phi) is 4.90. The molecule has 1 atom stereocenters. The van der Waals surface area contributed by atoms with Crippen molar-refractivity contribution in [1.82, 2.24) is 20.3 Å². The fourth-order valence-corrected chi connectivity index (χ4v) is 4.60. The maximum atomic E-state index is 5.83. The number of pyridine rings is 1. The van der Waals surface area contributed by atoms with E-state index < -0.39 is 0 Å². The molecule has 7 heteroatoms. The van der Waals surface area contributed by atoms with E-state index in [1.165, 1.54) is 5.56 Å². The van der Waals surface area contributed by atoms with E-state index in [2.05, 4.69) is 55.5 Å². The number of nitrogens with zero attached hydrogens (tertiary/aromatic N) is 3. The Bertz CT molecular complexity index is 1120. The number of hydrogen-bond donors (Lipinski definition) is 1. The highest BCUT2D eigenvalue weighted by atomic mass is 79.9. The number of nitrogens with one attached hydrogen (secondary N) is 1. The molecule has 0 spiro atoms. The molecule has 1 aliphatic heterocycles. The van der Waals surface area contributed by atoms with Crippen LogP contribution in [0.5, 0.6) is 0 Å². The molecule has 0 amide bonds. The number of fused-ring (bicyclic) bond motifs is 1. The highest BCUT2D eigenvalue weighted by Crippen LogP contribution is 2.30. The maximum Gasteiger partial charge on any atom is 0.171 e. The quantitative estimate of drug-likeness (QED) is 0.481. The number of benzene rings is 1. The molecule has 0 aliphatic carbocycles. The third kappa shape index (κ3) is 3.58. The second kappa shape index (κ2) is 7.67. The number of ether oxygens (including phenoxy) is 1. The molecule has 4 aromatic rings. The first-order valence-corrected chi connectivity index (χ1v) is 10.7. The van der Waals surface area contributed by atoms with Gasteiger partial charge in [0.2, 0.25) is 0 Å². The number of halogens is 1. The summed E-state index contributed by atoms with van der Waals surface area (Å²) >= 11 is 5.10. The van der Waals surface area contributed by atoms with Crippen molar-refractivity contribution in [3.63, 3.8) is 0 Å². The van der Waals surface area contributed by atoms with Crippen molar-refractivity contribution in [2.75, 3.05) is 19.7 Å². The van der Waals surface area contributed by atoms with E-state index >= 15 is 0 Å². The summed E-state index contributed by atoms with van der Waals surface area (Å²) in [7, 11) is 0. The Morgan fingerprint density at radius 1 is 1.04 bits per heavy atom. The van der Waals surface area contributed by atoms with Gasteiger partial charge >= 0.3 is 0 Å². The monoisotopic (exact) mass is 452 g/mol. The van der Waals surface area contributed by atoms with E-state index in [0.717, 1.165) is 45.0 Å². The molecule has 28 heavy (non-hydrogen) atoms. The minimum atomic E-state index is 0.118. The third-order valence-electron chi connectivity index (χ3n) is 4.74. The molecule has 1 aliphatic rings. The standard InChI is InChI=1S/C21H17BrN4OS/c22-19-8-7-18(28-19)21-24-11-15-5-6-16(25-20(15)26-21)13-1-3-14(4-2-13)17-12-23-9-10-27-17/h1-8,11,17,23H,9-10,12H2. The van der Waals surface area contributed by atoms with Crippen LogP contribution in [-0.4, -0.2) is 34.6 Å². The molecule has 1 unspecified atom stereocenters. The lowest BCUT2D eigenvalue weighted by molar-refractivity contribution is 0.0277. The molecule has 1 fully saturated rings. The Labute approximate surface area is 175 Å². The molecule has 140 valence electrons. The van der Waals surface area contributed by atoms with Gasteiger partial charge in [0.25, 0.3) is 0 Å². The fraction of sp³-hybridized carbons (Fsp3) is 0.190. The van der Waals surface area contributed by atoms with Crippen molar-refractivity contribution in [3.8, 4) is 22.0 Å². The van der Waals surface area contributed by atoms with Gasteiger partial charge in [-0.25, -0.2) is 15.0 Å². The summed E-state index contributed by atoms with van der Waals surface area (Å²) in [4.78, 5) is 14.9. The normalized spacial score (nSPS) is 17.1. The van der Waals surface area contributed by atoms with E-state index in [9.17, 15) is 0 Å². The van der Waals surface area contributed by atoms with Gasteiger partial charge in [-0.3, -0.25) is 0 Å². The predicted octanol–water partition coefficient (Wildman–Crippen LogP) is 4.84. The summed E-state index contributed by atoms with van der Waals surface area (Å²) in [5.74, 6) is 0.699. The average Bonchev–Trinajstić information content (AvgIpc) is 3.20. The molecule has 1 N–H and O–H groups in total. The third-order valence-corrected chi connectivity index (χ3v) is 6.36. The van der Waals surface area contributed by atoms with Gasteiger partial charge in [-0.2, -0.15) is 0 Å². The highest BCUT2D eigenvalue weighted by Gasteiger charge is 2.15. The molecule has 0 saturated carbocycles. The Morgan fingerprint density at radius 3 is 2.68 bits per heavy atom. The van der Waals surface area contributed by atoms with Crippen molar-refractivity contribution < 1.29 is 4.74 Å². The zero-order valence-corrected chi connectivity index (χ0v) is 17.3. The first-order chi connectivity index (χ1) is 13.8. The largest absolute Gasteiger partial charge is 0.371 e. The minimum Gasteiger partial charge on any atom is -0.371 e. The number of hydrogen-bond acceptors (Lipinski definition) is 6. The van der Waals surface area contributed by atoms with E-state index in [1.807, 2.05) is 30.5 Å². The molecule has 5 rings (SSSR count). The van der Waals surface area contributed by atoms with Crippen LogP contribution in [0.3, 0.4) is 0 Å². The SMILES string of the molecule is Brc1ccc(-c2ncc3ccc(-c4ccc(C5CNCCO5)cc4)nc3n2)s1. The predicted molar refractivity (Wildman–Crippen MR) is 115 cm³/mol. The van der Waals surface area contributed by atoms with Crippen LogP contribution in [0.2, 0.25) is 0 Å². The minimum absolute atomic E-state index is 0.118. The van der Waals surface area contributed by atoms with Crippen LogP contribution in [0.25, 0.3) is 33.0 Å². The van der Waals surface area contributed by atoms with Gasteiger partial charge in [0.15, 0.2) is 11.5 Å². The second-order valence-corrected chi connectivity index (χ2v) is 9.06. The van der Waals surface area contributed by atoms with Crippen molar-refractivity contribution in [2.45, 2.75) is 6.10 Å². The topological polar surface area (TPSA) is 59.9 Å². The van der Waals surface area contributed by atoms with Crippen LogP contribution in [0.15, 0.2) is 58.5 Å². The molecule has 4 heterocycles. The highest BCUT2D eigenvalue weighted by molar-refractivity contribution is 9.11. The molecule has 3 aromatic heterocycles. The fourth-order valence-electron chi connectivity index (χ4n) is 3.27. The zero-order valence-electron chi connectivity index (χ0n) is 14.9. The number of rotatable bonds is 3. The summed E-state index contributed by atoms with van der Waals surface area (Å²) in [5, 5.41) is 4.30. The van der Waals surface area contributed by atoms with Crippen LogP contribution in [-0.2, 0) is 4.74 Å². The first kappa shape index (κ1) is 17.9. The van der Waals surface area contributed by atoms with E-state index in [4.69, 9.17) is 9.72 Å². The van der Waals surface area contributed by atoms with Gasteiger partial charge in [-0.05, 0) is 45.8 Å². The van der Waals surface area contributed by atoms with Crippen LogP contribution < -0.4 is 5.32 Å². The second-order valence-electron chi connectivity index (χ2n) is 6.59. The lowest BCUT2D eigenvalue weighted by Gasteiger charge is -2.24. The number of aromatic nitrogens is 3. The first-order valence-electron chi connectivity index (χ1n) is 9.08. The number of morpholine rings is 1. The van der Waals surface area contributed by atoms with Gasteiger partial charge < -0.3 is 10.1 Å². The Balaban J connectivity index is 1.46. The Morgan fingerprint density at radius 2 is 1.93 bits per heavy atom. The van der Waals surface area contributed by atoms with E-state index in [-0.39, 0.29) is 6.10 Å². The lowest BCUT2D eigenvalue weighted by atomic mass is 10.0. The molecule has 0 bridgehead atoms. The van der Waals surface area contributed by atoms with Crippen molar-refractivity contribution in [1.29, 1.82) is 0 Å². The summed E-state index contributed by atoms with van der Waals surface area (Å²) in [6, 6.07) is 16.5. The van der Waals surface area contributed by atoms with Gasteiger partial charge in [-0.15, -0.1) is 11.3 Å². The molecule has 1 saturated heterocycles. The molecular weight excluding hydrogens is 436 g/mol. The summed E-state index contributed by atoms with van der Waals surface area (Å²) in [6.45, 7) is 2.52. The summed E-state index contributed by atoms with van der Waals surface area (Å²) in [6.07, 6.45) is 1.95. The van der Waals surface area contributed by atoms with Gasteiger partial charge in [0.1, 0.15) is 0 Å². The van der Waals surface area contributed by atoms with Crippen LogP contribution in [0, 0.1) is 0 Å². The Hall–Kier alpha value is -2.19.